The number of thiophene rings is 1. The summed E-state index contributed by atoms with van der Waals surface area (Å²) in [4.78, 5) is 27.7. The Bertz CT molecular complexity index is 786. The Kier molecular flexibility index (Phi) is 7.76. The van der Waals surface area contributed by atoms with Crippen LogP contribution in [0.3, 0.4) is 0 Å². The van der Waals surface area contributed by atoms with Gasteiger partial charge in [0.2, 0.25) is 11.8 Å². The van der Waals surface area contributed by atoms with Gasteiger partial charge in [0.05, 0.1) is 17.5 Å². The van der Waals surface area contributed by atoms with E-state index in [-0.39, 0.29) is 11.9 Å². The van der Waals surface area contributed by atoms with E-state index in [0.29, 0.717) is 24.9 Å². The van der Waals surface area contributed by atoms with E-state index in [2.05, 4.69) is 20.8 Å². The highest BCUT2D eigenvalue weighted by Crippen LogP contribution is 2.23. The number of urea groups is 1. The Morgan fingerprint density at radius 2 is 2.10 bits per heavy atom. The lowest BCUT2D eigenvalue weighted by molar-refractivity contribution is -0.125. The molecule has 1 saturated carbocycles. The molecule has 0 aromatic carbocycles. The molecule has 1 atom stereocenters. The van der Waals surface area contributed by atoms with Gasteiger partial charge in [-0.25, -0.2) is 4.79 Å². The standard InChI is InChI=1S/C20H29N5O3S/c1-3-11-25(13-17-23-24-19(28-17)16-10-7-12-29-16)14(2)18(26)22-20(27)21-15-8-5-4-6-9-15/h7,10,12,14-15H,3-6,8-9,11,13H2,1-2H3,(H2,21,22,26,27)/t14-/m1/s1. The number of carbonyl (C=O) groups excluding carboxylic acids is 2. The zero-order valence-electron chi connectivity index (χ0n) is 17.0. The van der Waals surface area contributed by atoms with Crippen LogP contribution in [0.2, 0.25) is 0 Å². The lowest BCUT2D eigenvalue weighted by Crippen LogP contribution is -2.51. The number of hydrogen-bond acceptors (Lipinski definition) is 7. The molecular weight excluding hydrogens is 390 g/mol. The summed E-state index contributed by atoms with van der Waals surface area (Å²) in [6.07, 6.45) is 6.27. The van der Waals surface area contributed by atoms with Gasteiger partial charge in [0.25, 0.3) is 5.89 Å². The van der Waals surface area contributed by atoms with Crippen molar-refractivity contribution in [2.24, 2.45) is 0 Å². The molecule has 2 N–H and O–H groups in total. The van der Waals surface area contributed by atoms with Crippen LogP contribution in [0.15, 0.2) is 21.9 Å². The van der Waals surface area contributed by atoms with Crippen LogP contribution in [-0.4, -0.2) is 45.7 Å². The number of aromatic nitrogens is 2. The second-order valence-corrected chi connectivity index (χ2v) is 8.37. The molecule has 1 aliphatic carbocycles. The summed E-state index contributed by atoms with van der Waals surface area (Å²) in [7, 11) is 0. The van der Waals surface area contributed by atoms with Crippen LogP contribution in [0.5, 0.6) is 0 Å². The van der Waals surface area contributed by atoms with Crippen LogP contribution in [0.4, 0.5) is 4.79 Å². The molecule has 3 amide bonds. The van der Waals surface area contributed by atoms with Crippen molar-refractivity contribution >= 4 is 23.3 Å². The summed E-state index contributed by atoms with van der Waals surface area (Å²) >= 11 is 1.53. The number of carbonyl (C=O) groups is 2. The maximum absolute atomic E-state index is 12.6. The molecule has 0 unspecified atom stereocenters. The van der Waals surface area contributed by atoms with Crippen LogP contribution in [-0.2, 0) is 11.3 Å². The van der Waals surface area contributed by atoms with Crippen LogP contribution in [0.25, 0.3) is 10.8 Å². The molecule has 1 fully saturated rings. The Morgan fingerprint density at radius 3 is 2.79 bits per heavy atom. The highest BCUT2D eigenvalue weighted by molar-refractivity contribution is 7.13. The van der Waals surface area contributed by atoms with Gasteiger partial charge in [0.15, 0.2) is 0 Å². The minimum absolute atomic E-state index is 0.160. The van der Waals surface area contributed by atoms with Crippen molar-refractivity contribution in [2.45, 2.75) is 71.0 Å². The van der Waals surface area contributed by atoms with E-state index < -0.39 is 12.1 Å². The summed E-state index contributed by atoms with van der Waals surface area (Å²) in [5.74, 6) is 0.605. The van der Waals surface area contributed by atoms with Gasteiger partial charge < -0.3 is 9.73 Å². The number of nitrogens with zero attached hydrogens (tertiary/aromatic N) is 3. The number of nitrogens with one attached hydrogen (secondary N) is 2. The average molecular weight is 420 g/mol. The fourth-order valence-corrected chi connectivity index (χ4v) is 4.18. The first-order valence-electron chi connectivity index (χ1n) is 10.3. The van der Waals surface area contributed by atoms with E-state index in [9.17, 15) is 9.59 Å². The van der Waals surface area contributed by atoms with Gasteiger partial charge in [-0.2, -0.15) is 0 Å². The Labute approximate surface area is 175 Å². The third-order valence-electron chi connectivity index (χ3n) is 5.15. The number of rotatable bonds is 8. The van der Waals surface area contributed by atoms with Gasteiger partial charge in [0, 0.05) is 6.04 Å². The van der Waals surface area contributed by atoms with Gasteiger partial charge in [0.1, 0.15) is 0 Å². The molecular formula is C20H29N5O3S. The molecule has 8 nitrogen and oxygen atoms in total. The first kappa shape index (κ1) is 21.4. The van der Waals surface area contributed by atoms with E-state index in [4.69, 9.17) is 4.42 Å². The number of hydrogen-bond donors (Lipinski definition) is 2. The van der Waals surface area contributed by atoms with E-state index in [1.807, 2.05) is 29.3 Å². The first-order valence-corrected chi connectivity index (χ1v) is 11.2. The summed E-state index contributed by atoms with van der Waals surface area (Å²) in [5.41, 5.74) is 0. The summed E-state index contributed by atoms with van der Waals surface area (Å²) in [6, 6.07) is 3.10. The van der Waals surface area contributed by atoms with Crippen molar-refractivity contribution in [3.8, 4) is 10.8 Å². The summed E-state index contributed by atoms with van der Waals surface area (Å²) in [6.45, 7) is 4.86. The molecule has 1 aliphatic rings. The molecule has 3 rings (SSSR count). The quantitative estimate of drug-likeness (QED) is 0.679. The van der Waals surface area contributed by atoms with Gasteiger partial charge >= 0.3 is 6.03 Å². The predicted octanol–water partition coefficient (Wildman–Crippen LogP) is 3.56. The maximum atomic E-state index is 12.6. The highest BCUT2D eigenvalue weighted by atomic mass is 32.1. The van der Waals surface area contributed by atoms with Crippen LogP contribution in [0.1, 0.15) is 58.3 Å². The lowest BCUT2D eigenvalue weighted by Gasteiger charge is -2.27. The normalized spacial score (nSPS) is 16.0. The van der Waals surface area contributed by atoms with Crippen LogP contribution < -0.4 is 10.6 Å². The second-order valence-electron chi connectivity index (χ2n) is 7.42. The minimum atomic E-state index is -0.496. The Morgan fingerprint density at radius 1 is 1.31 bits per heavy atom. The third kappa shape index (κ3) is 6.11. The van der Waals surface area contributed by atoms with Crippen molar-refractivity contribution in [2.75, 3.05) is 6.54 Å². The third-order valence-corrected chi connectivity index (χ3v) is 6.01. The topological polar surface area (TPSA) is 100 Å². The van der Waals surface area contributed by atoms with E-state index in [1.165, 1.54) is 17.8 Å². The molecule has 2 aromatic heterocycles. The van der Waals surface area contributed by atoms with Crippen LogP contribution in [0, 0.1) is 0 Å². The van der Waals surface area contributed by atoms with Gasteiger partial charge in [-0.05, 0) is 44.2 Å². The number of amides is 3. The van der Waals surface area contributed by atoms with Gasteiger partial charge in [-0.3, -0.25) is 15.0 Å². The highest BCUT2D eigenvalue weighted by Gasteiger charge is 2.25. The molecule has 0 radical (unpaired) electrons. The summed E-state index contributed by atoms with van der Waals surface area (Å²) in [5, 5.41) is 15.6. The minimum Gasteiger partial charge on any atom is -0.419 e. The SMILES string of the molecule is CCCN(Cc1nnc(-c2cccs2)o1)[C@H](C)C(=O)NC(=O)NC1CCCCC1. The molecule has 0 aliphatic heterocycles. The maximum Gasteiger partial charge on any atom is 0.321 e. The molecule has 2 aromatic rings. The molecule has 0 spiro atoms. The molecule has 0 bridgehead atoms. The second kappa shape index (κ2) is 10.5. The Balaban J connectivity index is 1.55. The van der Waals surface area contributed by atoms with E-state index in [1.54, 1.807) is 6.92 Å². The van der Waals surface area contributed by atoms with Crippen molar-refractivity contribution in [1.29, 1.82) is 0 Å². The zero-order valence-corrected chi connectivity index (χ0v) is 17.8. The molecule has 29 heavy (non-hydrogen) atoms. The molecule has 0 saturated heterocycles. The monoisotopic (exact) mass is 419 g/mol. The van der Waals surface area contributed by atoms with Crippen molar-refractivity contribution in [1.82, 2.24) is 25.7 Å². The van der Waals surface area contributed by atoms with E-state index >= 15 is 0 Å². The summed E-state index contributed by atoms with van der Waals surface area (Å²) < 4.78 is 5.75. The van der Waals surface area contributed by atoms with Crippen molar-refractivity contribution < 1.29 is 14.0 Å². The fraction of sp³-hybridized carbons (Fsp3) is 0.600. The van der Waals surface area contributed by atoms with Gasteiger partial charge in [-0.15, -0.1) is 21.5 Å². The predicted molar refractivity (Wildman–Crippen MR) is 111 cm³/mol. The Hall–Kier alpha value is -2.26. The molecule has 158 valence electrons. The lowest BCUT2D eigenvalue weighted by atomic mass is 9.96. The fourth-order valence-electron chi connectivity index (χ4n) is 3.54. The van der Waals surface area contributed by atoms with Crippen molar-refractivity contribution in [3.63, 3.8) is 0 Å². The van der Waals surface area contributed by atoms with Crippen molar-refractivity contribution in [3.05, 3.63) is 23.4 Å². The molecule has 2 heterocycles. The smallest absolute Gasteiger partial charge is 0.321 e. The zero-order chi connectivity index (χ0) is 20.6. The average Bonchev–Trinajstić information content (AvgIpc) is 3.39. The molecule has 9 heteroatoms. The van der Waals surface area contributed by atoms with Crippen LogP contribution >= 0.6 is 11.3 Å². The largest absolute Gasteiger partial charge is 0.419 e. The number of imide groups is 1. The first-order chi connectivity index (χ1) is 14.1. The van der Waals surface area contributed by atoms with E-state index in [0.717, 1.165) is 37.0 Å². The van der Waals surface area contributed by atoms with Gasteiger partial charge in [-0.1, -0.05) is 32.3 Å².